The smallest absolute Gasteiger partial charge is 0.185 e. The molecule has 0 saturated heterocycles. The van der Waals surface area contributed by atoms with Gasteiger partial charge in [-0.1, -0.05) is 13.0 Å². The summed E-state index contributed by atoms with van der Waals surface area (Å²) in [6, 6.07) is 4.71. The number of nitrogens with one attached hydrogen (secondary N) is 1. The highest BCUT2D eigenvalue weighted by Gasteiger charge is 2.15. The number of aryl methyl sites for hydroxylation is 1. The second-order valence-electron chi connectivity index (χ2n) is 5.37. The van der Waals surface area contributed by atoms with Crippen LogP contribution in [0.15, 0.2) is 17.5 Å². The number of rotatable bonds is 8. The van der Waals surface area contributed by atoms with E-state index in [9.17, 15) is 0 Å². The summed E-state index contributed by atoms with van der Waals surface area (Å²) in [6.07, 6.45) is 2.25. The van der Waals surface area contributed by atoms with E-state index in [4.69, 9.17) is 4.98 Å². The first-order chi connectivity index (χ1) is 10.1. The monoisotopic (exact) mass is 323 g/mol. The Bertz CT molecular complexity index is 534. The Morgan fingerprint density at radius 3 is 2.90 bits per heavy atom. The molecule has 1 N–H and O–H groups in total. The van der Waals surface area contributed by atoms with Crippen molar-refractivity contribution in [2.75, 3.05) is 25.0 Å². The zero-order valence-corrected chi connectivity index (χ0v) is 15.0. The molecule has 21 heavy (non-hydrogen) atoms. The van der Waals surface area contributed by atoms with E-state index in [-0.39, 0.29) is 0 Å². The van der Waals surface area contributed by atoms with Crippen molar-refractivity contribution in [1.29, 1.82) is 0 Å². The van der Waals surface area contributed by atoms with Gasteiger partial charge in [-0.25, -0.2) is 4.98 Å². The largest absolute Gasteiger partial charge is 0.351 e. The minimum Gasteiger partial charge on any atom is -0.351 e. The van der Waals surface area contributed by atoms with Crippen molar-refractivity contribution < 1.29 is 0 Å². The maximum atomic E-state index is 4.75. The molecule has 0 fully saturated rings. The van der Waals surface area contributed by atoms with E-state index in [1.165, 1.54) is 9.75 Å². The van der Waals surface area contributed by atoms with Crippen molar-refractivity contribution in [3.05, 3.63) is 33.0 Å². The number of hydrogen-bond acceptors (Lipinski definition) is 5. The van der Waals surface area contributed by atoms with E-state index in [2.05, 4.69) is 55.5 Å². The highest BCUT2D eigenvalue weighted by atomic mass is 32.1. The van der Waals surface area contributed by atoms with Gasteiger partial charge in [-0.05, 0) is 44.7 Å². The zero-order valence-electron chi connectivity index (χ0n) is 13.3. The quantitative estimate of drug-likeness (QED) is 0.787. The fraction of sp³-hybridized carbons (Fsp3) is 0.562. The van der Waals surface area contributed by atoms with Crippen molar-refractivity contribution >= 4 is 27.8 Å². The number of hydrogen-bond donors (Lipinski definition) is 1. The van der Waals surface area contributed by atoms with Gasteiger partial charge in [0.15, 0.2) is 5.13 Å². The first-order valence-corrected chi connectivity index (χ1v) is 9.25. The van der Waals surface area contributed by atoms with E-state index in [0.29, 0.717) is 6.04 Å². The van der Waals surface area contributed by atoms with Crippen LogP contribution in [0.5, 0.6) is 0 Å². The fourth-order valence-corrected chi connectivity index (χ4v) is 4.02. The third kappa shape index (κ3) is 4.53. The Labute approximate surface area is 136 Å². The van der Waals surface area contributed by atoms with Crippen molar-refractivity contribution in [3.8, 4) is 0 Å². The van der Waals surface area contributed by atoms with Gasteiger partial charge < -0.3 is 10.2 Å². The van der Waals surface area contributed by atoms with Crippen LogP contribution in [0.1, 0.15) is 41.8 Å². The van der Waals surface area contributed by atoms with Crippen molar-refractivity contribution in [1.82, 2.24) is 10.3 Å². The summed E-state index contributed by atoms with van der Waals surface area (Å²) in [6.45, 7) is 8.62. The molecular formula is C16H25N3S2. The van der Waals surface area contributed by atoms with Gasteiger partial charge in [-0.3, -0.25) is 0 Å². The third-order valence-corrected chi connectivity index (χ3v) is 5.91. The van der Waals surface area contributed by atoms with Gasteiger partial charge in [0.1, 0.15) is 0 Å². The van der Waals surface area contributed by atoms with Gasteiger partial charge in [-0.2, -0.15) is 0 Å². The highest BCUT2D eigenvalue weighted by molar-refractivity contribution is 7.15. The predicted octanol–water partition coefficient (Wildman–Crippen LogP) is 4.25. The van der Waals surface area contributed by atoms with Crippen LogP contribution in [0.4, 0.5) is 5.13 Å². The molecule has 0 spiro atoms. The molecule has 0 amide bonds. The zero-order chi connectivity index (χ0) is 15.2. The molecule has 2 aromatic heterocycles. The minimum absolute atomic E-state index is 0.391. The SMILES string of the molecule is CCCNC(C)c1sc(N(C)CCc2cccs2)nc1C. The molecule has 2 heterocycles. The summed E-state index contributed by atoms with van der Waals surface area (Å²) < 4.78 is 0. The number of thiophene rings is 1. The molecule has 1 unspecified atom stereocenters. The third-order valence-electron chi connectivity index (χ3n) is 3.52. The summed E-state index contributed by atoms with van der Waals surface area (Å²) >= 11 is 3.65. The number of anilines is 1. The van der Waals surface area contributed by atoms with Gasteiger partial charge in [0.05, 0.1) is 5.69 Å². The topological polar surface area (TPSA) is 28.2 Å². The lowest BCUT2D eigenvalue weighted by atomic mass is 10.2. The maximum absolute atomic E-state index is 4.75. The summed E-state index contributed by atoms with van der Waals surface area (Å²) in [5.41, 5.74) is 1.16. The number of nitrogens with zero attached hydrogens (tertiary/aromatic N) is 2. The van der Waals surface area contributed by atoms with Gasteiger partial charge >= 0.3 is 0 Å². The van der Waals surface area contributed by atoms with Crippen LogP contribution in [0.25, 0.3) is 0 Å². The van der Waals surface area contributed by atoms with Crippen LogP contribution in [0.2, 0.25) is 0 Å². The van der Waals surface area contributed by atoms with Gasteiger partial charge in [-0.15, -0.1) is 22.7 Å². The average Bonchev–Trinajstić information content (AvgIpc) is 3.11. The highest BCUT2D eigenvalue weighted by Crippen LogP contribution is 2.30. The molecule has 3 nitrogen and oxygen atoms in total. The van der Waals surface area contributed by atoms with Crippen molar-refractivity contribution in [3.63, 3.8) is 0 Å². The Hall–Kier alpha value is -0.910. The molecule has 0 aliphatic heterocycles. The molecule has 0 aliphatic rings. The van der Waals surface area contributed by atoms with Gasteiger partial charge in [0.2, 0.25) is 0 Å². The standard InChI is InChI=1S/C16H25N3S2/c1-5-9-17-12(2)15-13(3)18-16(21-15)19(4)10-8-14-7-6-11-20-14/h6-7,11-12,17H,5,8-10H2,1-4H3. The van der Waals surface area contributed by atoms with Crippen LogP contribution in [-0.2, 0) is 6.42 Å². The summed E-state index contributed by atoms with van der Waals surface area (Å²) in [4.78, 5) is 9.82. The number of aromatic nitrogens is 1. The van der Waals surface area contributed by atoms with E-state index >= 15 is 0 Å². The molecule has 5 heteroatoms. The number of likely N-dealkylation sites (N-methyl/N-ethyl adjacent to an activating group) is 1. The first kappa shape index (κ1) is 16.5. The molecule has 0 bridgehead atoms. The Morgan fingerprint density at radius 1 is 1.43 bits per heavy atom. The van der Waals surface area contributed by atoms with E-state index < -0.39 is 0 Å². The van der Waals surface area contributed by atoms with Crippen LogP contribution in [0.3, 0.4) is 0 Å². The molecule has 0 aliphatic carbocycles. The van der Waals surface area contributed by atoms with Gasteiger partial charge in [0.25, 0.3) is 0 Å². The number of thiazole rings is 1. The summed E-state index contributed by atoms with van der Waals surface area (Å²) in [5, 5.41) is 6.82. The molecule has 0 radical (unpaired) electrons. The Balaban J connectivity index is 1.96. The van der Waals surface area contributed by atoms with Crippen LogP contribution < -0.4 is 10.2 Å². The molecule has 2 rings (SSSR count). The molecule has 0 saturated carbocycles. The summed E-state index contributed by atoms with van der Waals surface area (Å²) in [7, 11) is 2.14. The van der Waals surface area contributed by atoms with Crippen molar-refractivity contribution in [2.24, 2.45) is 0 Å². The second-order valence-corrected chi connectivity index (χ2v) is 7.41. The van der Waals surface area contributed by atoms with Crippen LogP contribution in [-0.4, -0.2) is 25.1 Å². The lowest BCUT2D eigenvalue weighted by Crippen LogP contribution is -2.19. The summed E-state index contributed by atoms with van der Waals surface area (Å²) in [5.74, 6) is 0. The Morgan fingerprint density at radius 2 is 2.24 bits per heavy atom. The normalized spacial score (nSPS) is 12.6. The molecule has 0 aromatic carbocycles. The second kappa shape index (κ2) is 7.92. The van der Waals surface area contributed by atoms with Crippen LogP contribution in [0, 0.1) is 6.92 Å². The molecular weight excluding hydrogens is 298 g/mol. The fourth-order valence-electron chi connectivity index (χ4n) is 2.24. The average molecular weight is 324 g/mol. The lowest BCUT2D eigenvalue weighted by Gasteiger charge is -2.15. The molecule has 1 atom stereocenters. The maximum Gasteiger partial charge on any atom is 0.185 e. The predicted molar refractivity (Wildman–Crippen MR) is 94.9 cm³/mol. The van der Waals surface area contributed by atoms with E-state index in [1.54, 1.807) is 0 Å². The lowest BCUT2D eigenvalue weighted by molar-refractivity contribution is 0.575. The van der Waals surface area contributed by atoms with E-state index in [0.717, 1.165) is 36.8 Å². The molecule has 116 valence electrons. The Kier molecular flexibility index (Phi) is 6.21. The van der Waals surface area contributed by atoms with Crippen LogP contribution >= 0.6 is 22.7 Å². The van der Waals surface area contributed by atoms with E-state index in [1.807, 2.05) is 22.7 Å². The van der Waals surface area contributed by atoms with Crippen molar-refractivity contribution in [2.45, 2.75) is 39.7 Å². The molecule has 2 aromatic rings. The van der Waals surface area contributed by atoms with Gasteiger partial charge in [0, 0.05) is 29.4 Å². The first-order valence-electron chi connectivity index (χ1n) is 7.56. The minimum atomic E-state index is 0.391.